The van der Waals surface area contributed by atoms with Gasteiger partial charge in [0.1, 0.15) is 0 Å². The molecule has 0 radical (unpaired) electrons. The van der Waals surface area contributed by atoms with E-state index in [4.69, 9.17) is 0 Å². The molecule has 2 nitrogen and oxygen atoms in total. The molecular formula is C17H27NOS. The van der Waals surface area contributed by atoms with E-state index >= 15 is 0 Å². The summed E-state index contributed by atoms with van der Waals surface area (Å²) >= 11 is 0. The average Bonchev–Trinajstić information content (AvgIpc) is 2.91. The van der Waals surface area contributed by atoms with Crippen molar-refractivity contribution in [2.75, 3.05) is 18.1 Å². The first-order chi connectivity index (χ1) is 9.70. The summed E-state index contributed by atoms with van der Waals surface area (Å²) in [6, 6.07) is 8.67. The van der Waals surface area contributed by atoms with Crippen LogP contribution < -0.4 is 5.32 Å². The standard InChI is InChI=1S/C17H27NOS/c1-3-18-17(16-11-7-4-8-14(16)2)13-20(19)12-15-9-5-6-10-15/h4,7-8,11,15,17-18H,3,5-6,9-10,12-13H2,1-2H3. The molecule has 2 unspecified atom stereocenters. The maximum absolute atomic E-state index is 12.4. The van der Waals surface area contributed by atoms with Crippen molar-refractivity contribution in [3.05, 3.63) is 35.4 Å². The smallest absolute Gasteiger partial charge is 0.0439 e. The van der Waals surface area contributed by atoms with Gasteiger partial charge in [0.05, 0.1) is 0 Å². The van der Waals surface area contributed by atoms with Gasteiger partial charge in [-0.25, -0.2) is 0 Å². The molecule has 0 aliphatic heterocycles. The van der Waals surface area contributed by atoms with Gasteiger partial charge >= 0.3 is 0 Å². The summed E-state index contributed by atoms with van der Waals surface area (Å²) in [7, 11) is -0.713. The van der Waals surface area contributed by atoms with Crippen LogP contribution in [0.5, 0.6) is 0 Å². The minimum atomic E-state index is -0.713. The third kappa shape index (κ3) is 4.42. The first-order valence-electron chi connectivity index (χ1n) is 7.84. The Balaban J connectivity index is 1.98. The highest BCUT2D eigenvalue weighted by Gasteiger charge is 2.21. The topological polar surface area (TPSA) is 29.1 Å². The van der Waals surface area contributed by atoms with Gasteiger partial charge in [0.25, 0.3) is 0 Å². The monoisotopic (exact) mass is 293 g/mol. The number of aryl methyl sites for hydroxylation is 1. The molecule has 1 aliphatic carbocycles. The van der Waals surface area contributed by atoms with Crippen molar-refractivity contribution in [1.29, 1.82) is 0 Å². The van der Waals surface area contributed by atoms with Crippen LogP contribution in [0.25, 0.3) is 0 Å². The molecule has 0 aromatic heterocycles. The molecule has 1 aromatic rings. The van der Waals surface area contributed by atoms with Crippen molar-refractivity contribution in [3.63, 3.8) is 0 Å². The molecule has 1 aliphatic rings. The van der Waals surface area contributed by atoms with Crippen LogP contribution in [0, 0.1) is 12.8 Å². The minimum Gasteiger partial charge on any atom is -0.309 e. The fraction of sp³-hybridized carbons (Fsp3) is 0.647. The largest absolute Gasteiger partial charge is 0.309 e. The molecule has 2 atom stereocenters. The summed E-state index contributed by atoms with van der Waals surface area (Å²) in [5, 5.41) is 3.50. The van der Waals surface area contributed by atoms with E-state index in [0.29, 0.717) is 5.92 Å². The van der Waals surface area contributed by atoms with Crippen LogP contribution in [-0.4, -0.2) is 22.3 Å². The van der Waals surface area contributed by atoms with Gasteiger partial charge in [-0.15, -0.1) is 0 Å². The van der Waals surface area contributed by atoms with E-state index in [1.54, 1.807) is 0 Å². The van der Waals surface area contributed by atoms with Crippen molar-refractivity contribution < 1.29 is 4.21 Å². The molecular weight excluding hydrogens is 266 g/mol. The van der Waals surface area contributed by atoms with Crippen LogP contribution >= 0.6 is 0 Å². The molecule has 20 heavy (non-hydrogen) atoms. The zero-order valence-corrected chi connectivity index (χ0v) is 13.5. The Hall–Kier alpha value is -0.670. The van der Waals surface area contributed by atoms with E-state index < -0.39 is 10.8 Å². The Morgan fingerprint density at radius 2 is 2.00 bits per heavy atom. The van der Waals surface area contributed by atoms with Crippen LogP contribution in [-0.2, 0) is 10.8 Å². The molecule has 1 aromatic carbocycles. The molecule has 0 heterocycles. The van der Waals surface area contributed by atoms with E-state index in [9.17, 15) is 4.21 Å². The first kappa shape index (κ1) is 15.7. The first-order valence-corrected chi connectivity index (χ1v) is 9.33. The van der Waals surface area contributed by atoms with E-state index in [0.717, 1.165) is 18.1 Å². The van der Waals surface area contributed by atoms with Crippen molar-refractivity contribution in [1.82, 2.24) is 5.32 Å². The summed E-state index contributed by atoms with van der Waals surface area (Å²) in [5.74, 6) is 2.35. The maximum atomic E-state index is 12.4. The van der Waals surface area contributed by atoms with E-state index in [1.165, 1.54) is 36.8 Å². The normalized spacial score (nSPS) is 19.1. The molecule has 1 fully saturated rings. The van der Waals surface area contributed by atoms with Gasteiger partial charge in [0, 0.05) is 28.3 Å². The lowest BCUT2D eigenvalue weighted by molar-refractivity contribution is 0.577. The number of rotatable bonds is 7. The minimum absolute atomic E-state index is 0.225. The molecule has 0 spiro atoms. The van der Waals surface area contributed by atoms with E-state index in [2.05, 4.69) is 43.4 Å². The molecule has 3 heteroatoms. The van der Waals surface area contributed by atoms with Gasteiger partial charge in [-0.05, 0) is 43.4 Å². The van der Waals surface area contributed by atoms with Gasteiger partial charge in [0.15, 0.2) is 0 Å². The molecule has 0 bridgehead atoms. The van der Waals surface area contributed by atoms with Crippen LogP contribution in [0.1, 0.15) is 49.8 Å². The Labute approximate surface area is 125 Å². The van der Waals surface area contributed by atoms with Gasteiger partial charge in [-0.1, -0.05) is 44.0 Å². The molecule has 0 saturated heterocycles. The average molecular weight is 293 g/mol. The van der Waals surface area contributed by atoms with Gasteiger partial charge in [-0.2, -0.15) is 0 Å². The van der Waals surface area contributed by atoms with E-state index in [-0.39, 0.29) is 6.04 Å². The van der Waals surface area contributed by atoms with Crippen molar-refractivity contribution in [3.8, 4) is 0 Å². The zero-order valence-electron chi connectivity index (χ0n) is 12.7. The Bertz CT molecular complexity index is 440. The summed E-state index contributed by atoms with van der Waals surface area (Å²) in [6.07, 6.45) is 5.22. The lowest BCUT2D eigenvalue weighted by Gasteiger charge is -2.21. The van der Waals surface area contributed by atoms with Crippen molar-refractivity contribution in [2.24, 2.45) is 5.92 Å². The number of nitrogens with one attached hydrogen (secondary N) is 1. The third-order valence-electron chi connectivity index (χ3n) is 4.26. The summed E-state index contributed by atoms with van der Waals surface area (Å²) < 4.78 is 12.4. The number of hydrogen-bond acceptors (Lipinski definition) is 2. The maximum Gasteiger partial charge on any atom is 0.0439 e. The summed E-state index contributed by atoms with van der Waals surface area (Å²) in [5.41, 5.74) is 2.59. The zero-order chi connectivity index (χ0) is 14.4. The second-order valence-corrected chi connectivity index (χ2v) is 7.44. The summed E-state index contributed by atoms with van der Waals surface area (Å²) in [6.45, 7) is 5.17. The molecule has 1 N–H and O–H groups in total. The Morgan fingerprint density at radius 3 is 2.65 bits per heavy atom. The molecule has 0 amide bonds. The number of benzene rings is 1. The second-order valence-electron chi connectivity index (χ2n) is 5.89. The lowest BCUT2D eigenvalue weighted by atomic mass is 10.0. The van der Waals surface area contributed by atoms with Crippen LogP contribution in [0.15, 0.2) is 24.3 Å². The van der Waals surface area contributed by atoms with Crippen LogP contribution in [0.4, 0.5) is 0 Å². The van der Waals surface area contributed by atoms with Crippen LogP contribution in [0.3, 0.4) is 0 Å². The predicted octanol–water partition coefficient (Wildman–Crippen LogP) is 3.58. The molecule has 112 valence electrons. The predicted molar refractivity (Wildman–Crippen MR) is 87.4 cm³/mol. The third-order valence-corrected chi connectivity index (χ3v) is 5.81. The fourth-order valence-electron chi connectivity index (χ4n) is 3.18. The fourth-order valence-corrected chi connectivity index (χ4v) is 4.84. The Morgan fingerprint density at radius 1 is 1.30 bits per heavy atom. The Kier molecular flexibility index (Phi) is 6.24. The number of hydrogen-bond donors (Lipinski definition) is 1. The highest BCUT2D eigenvalue weighted by Crippen LogP contribution is 2.26. The highest BCUT2D eigenvalue weighted by atomic mass is 32.2. The quantitative estimate of drug-likeness (QED) is 0.832. The van der Waals surface area contributed by atoms with Crippen molar-refractivity contribution >= 4 is 10.8 Å². The van der Waals surface area contributed by atoms with Gasteiger partial charge < -0.3 is 5.32 Å². The molecule has 1 saturated carbocycles. The highest BCUT2D eigenvalue weighted by molar-refractivity contribution is 7.85. The van der Waals surface area contributed by atoms with E-state index in [1.807, 2.05) is 0 Å². The molecule has 2 rings (SSSR count). The summed E-state index contributed by atoms with van der Waals surface area (Å²) in [4.78, 5) is 0. The lowest BCUT2D eigenvalue weighted by Crippen LogP contribution is -2.28. The van der Waals surface area contributed by atoms with Crippen LogP contribution in [0.2, 0.25) is 0 Å². The van der Waals surface area contributed by atoms with Crippen molar-refractivity contribution in [2.45, 2.75) is 45.6 Å². The SMILES string of the molecule is CCNC(CS(=O)CC1CCCC1)c1ccccc1C. The van der Waals surface area contributed by atoms with Gasteiger partial charge in [-0.3, -0.25) is 4.21 Å². The second kappa shape index (κ2) is 7.94. The van der Waals surface area contributed by atoms with Gasteiger partial charge in [0.2, 0.25) is 0 Å².